The molecule has 0 aromatic carbocycles. The van der Waals surface area contributed by atoms with Crippen molar-refractivity contribution in [2.24, 2.45) is 93.2 Å². The van der Waals surface area contributed by atoms with Gasteiger partial charge in [-0.3, -0.25) is 0 Å². The normalized spacial score (nSPS) is 17.1. The van der Waals surface area contributed by atoms with Crippen LogP contribution < -0.4 is 0 Å². The number of halogens is 9. The molecule has 0 spiro atoms. The van der Waals surface area contributed by atoms with E-state index in [1.54, 1.807) is 62.3 Å². The molecule has 0 bridgehead atoms. The van der Waals surface area contributed by atoms with Gasteiger partial charge < -0.3 is 0 Å². The smallest absolute Gasteiger partial charge is 0.115 e. The molecule has 8 atom stereocenters. The van der Waals surface area contributed by atoms with Crippen LogP contribution in [0.15, 0.2) is 0 Å². The topological polar surface area (TPSA) is 0 Å². The van der Waals surface area contributed by atoms with Crippen molar-refractivity contribution in [2.75, 3.05) is 0 Å². The molecule has 9 heteroatoms. The van der Waals surface area contributed by atoms with Crippen LogP contribution in [0.3, 0.4) is 0 Å². The second-order valence-electron chi connectivity index (χ2n) is 36.8. The molecule has 0 radical (unpaired) electrons. The largest absolute Gasteiger partial charge is 0.244 e. The van der Waals surface area contributed by atoms with E-state index in [0.29, 0.717) is 74.5 Å². The third-order valence-electron chi connectivity index (χ3n) is 25.9. The van der Waals surface area contributed by atoms with E-state index in [-0.39, 0.29) is 63.6 Å². The molecule has 0 N–H and O–H groups in total. The second-order valence-corrected chi connectivity index (χ2v) is 36.8. The predicted octanol–water partition coefficient (Wildman–Crippen LogP) is 35.3. The first-order valence-corrected chi connectivity index (χ1v) is 42.4. The summed E-state index contributed by atoms with van der Waals surface area (Å²) in [6.45, 7) is 91.0. The molecule has 0 nitrogen and oxygen atoms in total. The first kappa shape index (κ1) is 119. The summed E-state index contributed by atoms with van der Waals surface area (Å²) in [7, 11) is 0. The summed E-state index contributed by atoms with van der Waals surface area (Å²) < 4.78 is 125. The number of hydrogen-bond donors (Lipinski definition) is 0. The molecule has 0 aromatic heterocycles. The highest BCUT2D eigenvalue weighted by molar-refractivity contribution is 4.95. The third-order valence-corrected chi connectivity index (χ3v) is 25.9. The van der Waals surface area contributed by atoms with Crippen LogP contribution in [-0.2, 0) is 0 Å². The van der Waals surface area contributed by atoms with Crippen molar-refractivity contribution >= 4 is 0 Å². The minimum Gasteiger partial charge on any atom is -0.244 e. The molecule has 0 aromatic rings. The number of rotatable bonds is 37. The van der Waals surface area contributed by atoms with Crippen molar-refractivity contribution < 1.29 is 39.5 Å². The van der Waals surface area contributed by atoms with Crippen LogP contribution in [0, 0.1) is 93.2 Å². The summed E-state index contributed by atoms with van der Waals surface area (Å²) in [5.41, 5.74) is -9.31. The van der Waals surface area contributed by atoms with Crippen LogP contribution >= 0.6 is 0 Å². The SMILES string of the molecule is CC(C)C(C)(F)C(C)C.CCC(C)(CC)[C@@](C)(F)C(C)C.CCC(C)(CC)[C@@](C)(F)CC.CCC(CC)[C@@](C)(F)C(C)C.CCC[C@](C)(F)C(C(C)C)C(C)C.CCC[C@](C)(F)C(C)(CC)CC.CCC[C@](C)(F)C(CC)CC.CCC[C@](C)(F)CC(C)C.CC[C@](C)(F)C(C(C)C)C(C)C. The van der Waals surface area contributed by atoms with E-state index in [4.69, 9.17) is 0 Å². The summed E-state index contributed by atoms with van der Waals surface area (Å²) in [4.78, 5) is 0. The average Bonchev–Trinajstić information content (AvgIpc) is 0.813. The Morgan fingerprint density at radius 3 is 0.673 bits per heavy atom. The van der Waals surface area contributed by atoms with E-state index in [9.17, 15) is 39.5 Å². The van der Waals surface area contributed by atoms with Gasteiger partial charge in [-0.2, -0.15) is 0 Å². The Labute approximate surface area is 633 Å². The molecule has 0 aliphatic rings. The van der Waals surface area contributed by atoms with Gasteiger partial charge in [0.2, 0.25) is 0 Å². The van der Waals surface area contributed by atoms with Crippen molar-refractivity contribution in [3.05, 3.63) is 0 Å². The number of hydrogen-bond acceptors (Lipinski definition) is 0. The van der Waals surface area contributed by atoms with Crippen LogP contribution in [0.25, 0.3) is 0 Å². The molecule has 0 saturated heterocycles. The van der Waals surface area contributed by atoms with Crippen molar-refractivity contribution in [3.8, 4) is 0 Å². The van der Waals surface area contributed by atoms with Crippen LogP contribution in [0.5, 0.6) is 0 Å². The van der Waals surface area contributed by atoms with Crippen LogP contribution in [0.4, 0.5) is 39.5 Å². The van der Waals surface area contributed by atoms with E-state index >= 15 is 0 Å². The van der Waals surface area contributed by atoms with E-state index in [0.717, 1.165) is 89.9 Å². The maximum Gasteiger partial charge on any atom is 0.115 e. The lowest BCUT2D eigenvalue weighted by molar-refractivity contribution is -0.0267. The van der Waals surface area contributed by atoms with Gasteiger partial charge in [0.25, 0.3) is 0 Å². The lowest BCUT2D eigenvalue weighted by atomic mass is 9.67. The average molecular weight is 1470 g/mol. The summed E-state index contributed by atoms with van der Waals surface area (Å²) in [6, 6.07) is 0. The zero-order valence-electron chi connectivity index (χ0n) is 77.8. The van der Waals surface area contributed by atoms with Gasteiger partial charge in [-0.15, -0.1) is 0 Å². The van der Waals surface area contributed by atoms with Gasteiger partial charge in [0, 0.05) is 16.2 Å². The molecule has 624 valence electrons. The van der Waals surface area contributed by atoms with Gasteiger partial charge >= 0.3 is 0 Å². The van der Waals surface area contributed by atoms with Gasteiger partial charge in [-0.25, -0.2) is 39.5 Å². The lowest BCUT2D eigenvalue weighted by Gasteiger charge is -2.42. The van der Waals surface area contributed by atoms with Crippen LogP contribution in [0.1, 0.15) is 453 Å². The first-order chi connectivity index (χ1) is 45.2. The highest BCUT2D eigenvalue weighted by Crippen LogP contribution is 2.47. The standard InChI is InChI=1S/C12H25F.3C11H23F.3C10H21F.C9H19F.C8H17F/c1-7-8-12(6,13)11(9(2)3)10(4)5;1-7-10(5,8-2)11(6,12)9(3)4;1-7-11(6,12)10(8(2)3)9(4)5;1-6-9-11(5,12)10(4,7-2)8-3;1-6-9(4,7-2)10(5,11)8-3;1-6-9(7-2)10(5,11)8(3)4;1-5-8-10(4,11)9(6-2)7-3;1-5-6-9(4,10)7-8(2)3;1-6(2)8(5,9)7(3)4/h9-11H,7-8H2,1-6H3;9H,7-8H2,1-6H3;8-10H,7H2,1-6H3;6-9H2,1-5H3;6-8H2,1-5H3;8-9H,6-7H2,1-5H3;9H,5-8H2,1-4H3;8H,5-7H2,1-4H3;6-7H,1-5H3/t12-;3*11-;3*10-;9-;/m00000000./s1. The Kier molecular flexibility index (Phi) is 65.5. The molecule has 0 amide bonds. The van der Waals surface area contributed by atoms with Crippen molar-refractivity contribution in [3.63, 3.8) is 0 Å². The zero-order valence-corrected chi connectivity index (χ0v) is 77.8. The molecule has 101 heavy (non-hydrogen) atoms. The predicted molar refractivity (Wildman–Crippen MR) is 445 cm³/mol. The molecule has 0 fully saturated rings. The molecule has 0 unspecified atom stereocenters. The van der Waals surface area contributed by atoms with Gasteiger partial charge in [0.05, 0.1) is 0 Å². The molecule has 0 heterocycles. The Balaban J connectivity index is -0.000000135. The Morgan fingerprint density at radius 2 is 0.515 bits per heavy atom. The van der Waals surface area contributed by atoms with Crippen molar-refractivity contribution in [1.82, 2.24) is 0 Å². The summed E-state index contributed by atoms with van der Waals surface area (Å²) >= 11 is 0. The van der Waals surface area contributed by atoms with Gasteiger partial charge in [0.15, 0.2) is 0 Å². The molecular weight excluding hydrogens is 1280 g/mol. The fourth-order valence-electron chi connectivity index (χ4n) is 15.6. The maximum atomic E-state index is 14.3. The zero-order chi connectivity index (χ0) is 83.4. The van der Waals surface area contributed by atoms with Gasteiger partial charge in [-0.1, -0.05) is 308 Å². The molecule has 0 aliphatic heterocycles. The molecule has 0 saturated carbocycles. The second kappa shape index (κ2) is 55.7. The van der Waals surface area contributed by atoms with E-state index in [2.05, 4.69) is 152 Å². The van der Waals surface area contributed by atoms with Crippen molar-refractivity contribution in [1.29, 1.82) is 0 Å². The highest BCUT2D eigenvalue weighted by Gasteiger charge is 2.46. The fourth-order valence-corrected chi connectivity index (χ4v) is 15.6. The third kappa shape index (κ3) is 45.8. The minimum atomic E-state index is -1.05. The monoisotopic (exact) mass is 1470 g/mol. The fraction of sp³-hybridized carbons (Fsp3) is 1.00. The maximum absolute atomic E-state index is 14.3. The van der Waals surface area contributed by atoms with Crippen LogP contribution in [0.2, 0.25) is 0 Å². The molecule has 0 rings (SSSR count). The number of alkyl halides is 9. The Bertz CT molecular complexity index is 1790. The van der Waals surface area contributed by atoms with E-state index in [1.807, 2.05) is 104 Å². The first-order valence-electron chi connectivity index (χ1n) is 42.4. The van der Waals surface area contributed by atoms with Crippen molar-refractivity contribution in [2.45, 2.75) is 504 Å². The highest BCUT2D eigenvalue weighted by atomic mass is 19.2. The van der Waals surface area contributed by atoms with Crippen LogP contribution in [-0.4, -0.2) is 51.0 Å². The lowest BCUT2D eigenvalue weighted by Crippen LogP contribution is -2.43. The summed E-state index contributed by atoms with van der Waals surface area (Å²) in [5.74, 6) is 3.52. The molecular formula is C92H193F9. The van der Waals surface area contributed by atoms with E-state index in [1.165, 1.54) is 0 Å². The van der Waals surface area contributed by atoms with Gasteiger partial charge in [0.1, 0.15) is 51.0 Å². The van der Waals surface area contributed by atoms with E-state index < -0.39 is 51.0 Å². The summed E-state index contributed by atoms with van der Waals surface area (Å²) in [6.07, 6.45) is 17.8. The minimum absolute atomic E-state index is 0.0994. The Hall–Kier alpha value is -0.630. The summed E-state index contributed by atoms with van der Waals surface area (Å²) in [5, 5.41) is 0. The quantitative estimate of drug-likeness (QED) is 0.0544. The Morgan fingerprint density at radius 1 is 0.248 bits per heavy atom. The molecule has 0 aliphatic carbocycles. The van der Waals surface area contributed by atoms with Gasteiger partial charge in [-0.05, 0) is 223 Å².